The van der Waals surface area contributed by atoms with Crippen LogP contribution >= 0.6 is 22.9 Å². The molecule has 0 spiro atoms. The van der Waals surface area contributed by atoms with Gasteiger partial charge < -0.3 is 15.4 Å². The van der Waals surface area contributed by atoms with Gasteiger partial charge in [0.15, 0.2) is 0 Å². The fourth-order valence-electron chi connectivity index (χ4n) is 7.87. The molecular weight excluding hydrogens is 690 g/mol. The topological polar surface area (TPSA) is 107 Å². The monoisotopic (exact) mass is 735 g/mol. The Labute approximate surface area is 314 Å². The van der Waals surface area contributed by atoms with E-state index in [2.05, 4.69) is 93.6 Å². The molecule has 8 rings (SSSR count). The normalized spacial score (nSPS) is 18.8. The van der Waals surface area contributed by atoms with Gasteiger partial charge >= 0.3 is 0 Å². The highest BCUT2D eigenvalue weighted by Gasteiger charge is 2.34. The maximum Gasteiger partial charge on any atom is 0.110 e. The molecule has 2 aromatic carbocycles. The summed E-state index contributed by atoms with van der Waals surface area (Å²) in [6.45, 7) is 14.6. The van der Waals surface area contributed by atoms with Gasteiger partial charge in [-0.05, 0) is 81.2 Å². The zero-order chi connectivity index (χ0) is 36.0. The van der Waals surface area contributed by atoms with Crippen molar-refractivity contribution in [3.05, 3.63) is 98.1 Å². The van der Waals surface area contributed by atoms with Crippen LogP contribution in [-0.4, -0.2) is 74.2 Å². The van der Waals surface area contributed by atoms with Crippen LogP contribution in [0.5, 0.6) is 0 Å². The number of fused-ring (bicyclic) bond motifs is 2. The van der Waals surface area contributed by atoms with E-state index in [4.69, 9.17) is 26.6 Å². The molecular formula is C40H46ClN9OS. The van der Waals surface area contributed by atoms with E-state index in [0.717, 1.165) is 81.0 Å². The number of benzene rings is 2. The van der Waals surface area contributed by atoms with E-state index in [1.54, 1.807) is 6.20 Å². The van der Waals surface area contributed by atoms with E-state index in [0.29, 0.717) is 33.9 Å². The maximum absolute atomic E-state index is 10.2. The van der Waals surface area contributed by atoms with Gasteiger partial charge in [-0.15, -0.1) is 16.4 Å². The summed E-state index contributed by atoms with van der Waals surface area (Å²) in [4.78, 5) is 11.1. The lowest BCUT2D eigenvalue weighted by atomic mass is 9.95. The highest BCUT2D eigenvalue weighted by molar-refractivity contribution is 7.10. The number of nitrogens with zero attached hydrogens (tertiary/aromatic N) is 7. The van der Waals surface area contributed by atoms with Crippen molar-refractivity contribution < 1.29 is 4.74 Å². The molecule has 10 nitrogen and oxygen atoms in total. The number of nitrogens with one attached hydrogen (secondary N) is 2. The first-order chi connectivity index (χ1) is 25.2. The van der Waals surface area contributed by atoms with Crippen LogP contribution in [0.25, 0.3) is 10.9 Å². The lowest BCUT2D eigenvalue weighted by molar-refractivity contribution is -0.0691. The van der Waals surface area contributed by atoms with Crippen molar-refractivity contribution in [3.63, 3.8) is 0 Å². The van der Waals surface area contributed by atoms with Crippen LogP contribution in [0.1, 0.15) is 91.5 Å². The molecule has 0 radical (unpaired) electrons. The number of aromatic nitrogens is 4. The number of pyridine rings is 1. The van der Waals surface area contributed by atoms with Crippen molar-refractivity contribution in [1.29, 1.82) is 5.26 Å². The summed E-state index contributed by atoms with van der Waals surface area (Å²) in [7, 11) is 0. The predicted molar refractivity (Wildman–Crippen MR) is 208 cm³/mol. The number of hydrogen-bond donors (Lipinski definition) is 2. The van der Waals surface area contributed by atoms with Gasteiger partial charge in [0.25, 0.3) is 0 Å². The summed E-state index contributed by atoms with van der Waals surface area (Å²) in [5.74, 6) is 0. The van der Waals surface area contributed by atoms with Crippen molar-refractivity contribution in [2.24, 2.45) is 0 Å². The first kappa shape index (κ1) is 35.0. The second-order valence-electron chi connectivity index (χ2n) is 15.4. The molecule has 3 aliphatic rings. The Morgan fingerprint density at radius 1 is 1.06 bits per heavy atom. The maximum atomic E-state index is 10.2. The lowest BCUT2D eigenvalue weighted by Gasteiger charge is -2.40. The summed E-state index contributed by atoms with van der Waals surface area (Å²) in [6.07, 6.45) is 6.80. The SMILES string of the molecule is CC(Nc1c(C#N)cnc2c(Cl)cc(NC(c3cn(C4CCN(C(C)(C)C)CC4)nn3)c3csc4c3CCN(C3COC3)C4)cc12)c1ccccc1. The molecule has 0 saturated carbocycles. The number of piperidine rings is 1. The fourth-order valence-corrected chi connectivity index (χ4v) is 9.28. The number of rotatable bonds is 9. The van der Waals surface area contributed by atoms with Crippen LogP contribution in [0.15, 0.2) is 60.2 Å². The molecule has 52 heavy (non-hydrogen) atoms. The van der Waals surface area contributed by atoms with Crippen LogP contribution < -0.4 is 10.6 Å². The van der Waals surface area contributed by atoms with E-state index in [9.17, 15) is 5.26 Å². The zero-order valence-corrected chi connectivity index (χ0v) is 31.8. The summed E-state index contributed by atoms with van der Waals surface area (Å²) in [6, 6.07) is 17.1. The standard InChI is InChI=1S/C40H46ClN9OS/c1-25(26-8-6-5-7-9-26)44-37-27(18-42)19-43-38-32(37)16-28(17-34(38)41)45-39(33-24-52-36-21-48(13-12-31(33)36)30-22-51-23-30)35-20-50(47-46-35)29-10-14-49(15-11-29)40(2,3)4/h5-9,16-17,19-20,24-25,29-30,39,45H,10-15,21-23H2,1-4H3,(H,43,44). The lowest BCUT2D eigenvalue weighted by Crippen LogP contribution is -2.50. The first-order valence-electron chi connectivity index (χ1n) is 18.3. The second kappa shape index (κ2) is 14.4. The van der Waals surface area contributed by atoms with Crippen molar-refractivity contribution in [3.8, 4) is 6.07 Å². The molecule has 270 valence electrons. The number of halogens is 1. The summed E-state index contributed by atoms with van der Waals surface area (Å²) >= 11 is 8.84. The molecule has 2 N–H and O–H groups in total. The molecule has 2 atom stereocenters. The Morgan fingerprint density at radius 3 is 2.56 bits per heavy atom. The number of hydrogen-bond acceptors (Lipinski definition) is 10. The van der Waals surface area contributed by atoms with E-state index in [1.165, 1.54) is 16.0 Å². The molecule has 2 fully saturated rings. The number of thiophene rings is 1. The molecule has 3 aliphatic heterocycles. The smallest absolute Gasteiger partial charge is 0.110 e. The van der Waals surface area contributed by atoms with E-state index < -0.39 is 0 Å². The largest absolute Gasteiger partial charge is 0.378 e. The third-order valence-electron chi connectivity index (χ3n) is 11.1. The number of ether oxygens (including phenoxy) is 1. The second-order valence-corrected chi connectivity index (χ2v) is 16.8. The minimum absolute atomic E-state index is 0.0456. The minimum Gasteiger partial charge on any atom is -0.378 e. The van der Waals surface area contributed by atoms with Crippen LogP contribution in [0.3, 0.4) is 0 Å². The van der Waals surface area contributed by atoms with Crippen molar-refractivity contribution in [2.45, 2.75) is 83.2 Å². The molecule has 0 bridgehead atoms. The van der Waals surface area contributed by atoms with Crippen LogP contribution in [0.2, 0.25) is 5.02 Å². The average Bonchev–Trinajstić information content (AvgIpc) is 3.78. The van der Waals surface area contributed by atoms with Crippen LogP contribution in [0.4, 0.5) is 11.4 Å². The molecule has 0 amide bonds. The summed E-state index contributed by atoms with van der Waals surface area (Å²) < 4.78 is 7.61. The van der Waals surface area contributed by atoms with Gasteiger partial charge in [-0.1, -0.05) is 47.1 Å². The molecule has 2 saturated heterocycles. The van der Waals surface area contributed by atoms with E-state index >= 15 is 0 Å². The van der Waals surface area contributed by atoms with Gasteiger partial charge in [-0.2, -0.15) is 5.26 Å². The molecule has 0 aliphatic carbocycles. The Balaban J connectivity index is 1.15. The Morgan fingerprint density at radius 2 is 1.85 bits per heavy atom. The molecule has 6 heterocycles. The van der Waals surface area contributed by atoms with Gasteiger partial charge in [0.1, 0.15) is 11.8 Å². The van der Waals surface area contributed by atoms with Gasteiger partial charge in [0.05, 0.1) is 59.3 Å². The number of likely N-dealkylation sites (tertiary alicyclic amines) is 1. The average molecular weight is 736 g/mol. The van der Waals surface area contributed by atoms with Gasteiger partial charge in [0, 0.05) is 59.9 Å². The molecule has 12 heteroatoms. The summed E-state index contributed by atoms with van der Waals surface area (Å²) in [5, 5.41) is 30.8. The van der Waals surface area contributed by atoms with Crippen LogP contribution in [0, 0.1) is 11.3 Å². The molecule has 5 aromatic rings. The van der Waals surface area contributed by atoms with Crippen molar-refractivity contribution in [2.75, 3.05) is 43.5 Å². The van der Waals surface area contributed by atoms with E-state index in [-0.39, 0.29) is 17.6 Å². The van der Waals surface area contributed by atoms with E-state index in [1.807, 2.05) is 35.6 Å². The predicted octanol–water partition coefficient (Wildman–Crippen LogP) is 7.98. The van der Waals surface area contributed by atoms with Crippen molar-refractivity contribution in [1.82, 2.24) is 29.8 Å². The Kier molecular flexibility index (Phi) is 9.70. The van der Waals surface area contributed by atoms with Gasteiger partial charge in [0.2, 0.25) is 0 Å². The highest BCUT2D eigenvalue weighted by atomic mass is 35.5. The fraction of sp³-hybridized carbons (Fsp3) is 0.450. The third kappa shape index (κ3) is 6.91. The Bertz CT molecular complexity index is 2090. The summed E-state index contributed by atoms with van der Waals surface area (Å²) in [5.41, 5.74) is 7.44. The quantitative estimate of drug-likeness (QED) is 0.156. The number of anilines is 2. The molecule has 2 unspecified atom stereocenters. The highest BCUT2D eigenvalue weighted by Crippen LogP contribution is 2.40. The Hall–Kier alpha value is -4.05. The van der Waals surface area contributed by atoms with Crippen molar-refractivity contribution >= 4 is 45.2 Å². The minimum atomic E-state index is -0.248. The molecule has 3 aromatic heterocycles. The zero-order valence-electron chi connectivity index (χ0n) is 30.3. The first-order valence-corrected chi connectivity index (χ1v) is 19.6. The van der Waals surface area contributed by atoms with Gasteiger partial charge in [-0.25, -0.2) is 4.68 Å². The van der Waals surface area contributed by atoms with Crippen LogP contribution in [-0.2, 0) is 17.7 Å². The third-order valence-corrected chi connectivity index (χ3v) is 12.4. The number of nitriles is 1. The van der Waals surface area contributed by atoms with Gasteiger partial charge in [-0.3, -0.25) is 14.8 Å².